The van der Waals surface area contributed by atoms with E-state index in [4.69, 9.17) is 14.5 Å². The first-order valence-electron chi connectivity index (χ1n) is 16.0. The molecule has 3 fully saturated rings. The molecule has 244 valence electrons. The molecule has 4 aromatic rings. The lowest BCUT2D eigenvalue weighted by Crippen LogP contribution is -2.57. The van der Waals surface area contributed by atoms with Gasteiger partial charge in [0.2, 0.25) is 0 Å². The van der Waals surface area contributed by atoms with Gasteiger partial charge in [0.05, 0.1) is 31.2 Å². The Morgan fingerprint density at radius 2 is 1.89 bits per heavy atom. The smallest absolute Gasteiger partial charge is 0.319 e. The van der Waals surface area contributed by atoms with Crippen LogP contribution in [0.4, 0.5) is 23.4 Å². The van der Waals surface area contributed by atoms with Crippen molar-refractivity contribution in [2.45, 2.75) is 58.0 Å². The van der Waals surface area contributed by atoms with Crippen molar-refractivity contribution in [1.29, 1.82) is 0 Å². The molecule has 1 N–H and O–H groups in total. The number of aromatic hydroxyl groups is 1. The summed E-state index contributed by atoms with van der Waals surface area (Å²) in [6.07, 6.45) is 5.27. The van der Waals surface area contributed by atoms with Gasteiger partial charge in [0.25, 0.3) is 5.92 Å². The molecule has 3 aliphatic rings. The van der Waals surface area contributed by atoms with Crippen LogP contribution in [0.2, 0.25) is 0 Å². The van der Waals surface area contributed by atoms with Gasteiger partial charge in [-0.15, -0.1) is 0 Å². The number of phenolic OH excluding ortho intramolecular Hbond substituents is 1. The molecule has 46 heavy (non-hydrogen) atoms. The molecular weight excluding hydrogens is 602 g/mol. The number of pyridine rings is 1. The van der Waals surface area contributed by atoms with Crippen molar-refractivity contribution in [2.75, 3.05) is 50.8 Å². The van der Waals surface area contributed by atoms with Gasteiger partial charge in [0.1, 0.15) is 28.6 Å². The Morgan fingerprint density at radius 3 is 2.61 bits per heavy atom. The van der Waals surface area contributed by atoms with Gasteiger partial charge >= 0.3 is 6.01 Å². The lowest BCUT2D eigenvalue weighted by molar-refractivity contribution is -0.137. The van der Waals surface area contributed by atoms with Gasteiger partial charge in [0.15, 0.2) is 5.82 Å². The van der Waals surface area contributed by atoms with Gasteiger partial charge in [-0.25, -0.2) is 17.6 Å². The van der Waals surface area contributed by atoms with E-state index in [1.54, 1.807) is 11.0 Å². The number of nitrogens with zero attached hydrogens (tertiary/aromatic N) is 5. The minimum Gasteiger partial charge on any atom is -0.508 e. The van der Waals surface area contributed by atoms with Crippen molar-refractivity contribution in [1.82, 2.24) is 19.9 Å². The van der Waals surface area contributed by atoms with Crippen LogP contribution >= 0.6 is 0 Å². The van der Waals surface area contributed by atoms with E-state index in [1.807, 2.05) is 18.7 Å². The topological polar surface area (TPSA) is 83.8 Å². The second-order valence-electron chi connectivity index (χ2n) is 12.9. The number of hydrogen-bond donors (Lipinski definition) is 1. The number of halogens is 4. The Bertz CT molecular complexity index is 1790. The quantitative estimate of drug-likeness (QED) is 0.197. The fourth-order valence-corrected chi connectivity index (χ4v) is 6.99. The Kier molecular flexibility index (Phi) is 7.91. The van der Waals surface area contributed by atoms with Gasteiger partial charge in [-0.1, -0.05) is 13.0 Å². The summed E-state index contributed by atoms with van der Waals surface area (Å²) >= 11 is 0. The lowest BCUT2D eigenvalue weighted by Gasteiger charge is -2.40. The lowest BCUT2D eigenvalue weighted by atomic mass is 9.94. The summed E-state index contributed by atoms with van der Waals surface area (Å²) in [5.74, 6) is -3.44. The van der Waals surface area contributed by atoms with Crippen LogP contribution in [-0.2, 0) is 11.2 Å². The number of hydrogen-bond acceptors (Lipinski definition) is 8. The fourth-order valence-electron chi connectivity index (χ4n) is 6.99. The first kappa shape index (κ1) is 30.9. The summed E-state index contributed by atoms with van der Waals surface area (Å²) < 4.78 is 70.7. The first-order valence-corrected chi connectivity index (χ1v) is 16.0. The van der Waals surface area contributed by atoms with Crippen LogP contribution in [0.15, 0.2) is 30.5 Å². The van der Waals surface area contributed by atoms with Crippen LogP contribution < -0.4 is 9.64 Å². The monoisotopic (exact) mass is 639 g/mol. The summed E-state index contributed by atoms with van der Waals surface area (Å²) in [5, 5.41) is 12.0. The van der Waals surface area contributed by atoms with Crippen molar-refractivity contribution in [3.63, 3.8) is 0 Å². The van der Waals surface area contributed by atoms with E-state index in [1.165, 1.54) is 24.4 Å². The van der Waals surface area contributed by atoms with E-state index in [9.17, 15) is 18.3 Å². The maximum absolute atomic E-state index is 16.8. The van der Waals surface area contributed by atoms with Crippen molar-refractivity contribution in [3.05, 3.63) is 47.7 Å². The largest absolute Gasteiger partial charge is 0.508 e. The average Bonchev–Trinajstić information content (AvgIpc) is 3.78. The predicted octanol–water partition coefficient (Wildman–Crippen LogP) is 6.51. The van der Waals surface area contributed by atoms with Crippen LogP contribution in [0.25, 0.3) is 32.9 Å². The molecule has 0 spiro atoms. The molecule has 1 unspecified atom stereocenters. The van der Waals surface area contributed by atoms with Crippen molar-refractivity contribution in [3.8, 4) is 23.0 Å². The molecule has 2 aliphatic heterocycles. The van der Waals surface area contributed by atoms with Gasteiger partial charge < -0.3 is 19.5 Å². The van der Waals surface area contributed by atoms with E-state index < -0.39 is 17.6 Å². The molecule has 2 saturated heterocycles. The fraction of sp³-hybridized carbons (Fsp3) is 0.500. The molecule has 0 radical (unpaired) electrons. The second-order valence-corrected chi connectivity index (χ2v) is 12.9. The van der Waals surface area contributed by atoms with E-state index in [-0.39, 0.29) is 59.7 Å². The summed E-state index contributed by atoms with van der Waals surface area (Å²) in [6.45, 7) is 5.75. The minimum absolute atomic E-state index is 0.0123. The van der Waals surface area contributed by atoms with Crippen LogP contribution in [0.3, 0.4) is 0 Å². The molecule has 1 saturated carbocycles. The Labute approximate surface area is 264 Å². The molecule has 0 bridgehead atoms. The standard InChI is InChI=1S/C34H37F4N5O3/c1-3-23-26(35)8-7-20-12-21(44)13-24(27(20)23)29-28(36)30-25(14-39-29)31(43-11-5-6-22(15-43)45-4-2)41-32(40-30)46-19-33(9-10-33)16-42-17-34(37,38)18-42/h7-8,12-14,22,44H,3-6,9-11,15-19H2,1-2H3. The molecule has 4 heterocycles. The molecule has 12 heteroatoms. The number of benzene rings is 2. The van der Waals surface area contributed by atoms with Crippen LogP contribution in [0.5, 0.6) is 11.8 Å². The maximum Gasteiger partial charge on any atom is 0.319 e. The highest BCUT2D eigenvalue weighted by Gasteiger charge is 2.51. The summed E-state index contributed by atoms with van der Waals surface area (Å²) in [7, 11) is 0. The highest BCUT2D eigenvalue weighted by Crippen LogP contribution is 2.48. The van der Waals surface area contributed by atoms with Crippen LogP contribution in [0.1, 0.15) is 45.1 Å². The SMILES string of the molecule is CCOC1CCCN(c2nc(OCC3(CN4CC(F)(F)C4)CC3)nc3c(F)c(-c4cc(O)cc5ccc(F)c(CC)c45)ncc23)C1. The van der Waals surface area contributed by atoms with E-state index in [0.29, 0.717) is 60.2 Å². The molecule has 0 amide bonds. The Morgan fingerprint density at radius 1 is 1.09 bits per heavy atom. The third-order valence-electron chi connectivity index (χ3n) is 9.42. The zero-order valence-corrected chi connectivity index (χ0v) is 26.0. The number of anilines is 1. The van der Waals surface area contributed by atoms with Gasteiger partial charge in [-0.3, -0.25) is 9.88 Å². The van der Waals surface area contributed by atoms with Gasteiger partial charge in [-0.2, -0.15) is 9.97 Å². The second kappa shape index (κ2) is 11.8. The summed E-state index contributed by atoms with van der Waals surface area (Å²) in [4.78, 5) is 17.5. The zero-order valence-electron chi connectivity index (χ0n) is 26.0. The Balaban J connectivity index is 1.30. The molecule has 1 atom stereocenters. The number of aromatic nitrogens is 3. The van der Waals surface area contributed by atoms with Crippen molar-refractivity contribution >= 4 is 27.5 Å². The number of fused-ring (bicyclic) bond motifs is 2. The minimum atomic E-state index is -2.64. The normalized spacial score (nSPS) is 20.7. The number of aryl methyl sites for hydroxylation is 1. The highest BCUT2D eigenvalue weighted by atomic mass is 19.3. The van der Waals surface area contributed by atoms with Crippen molar-refractivity contribution < 1.29 is 32.1 Å². The van der Waals surface area contributed by atoms with Gasteiger partial charge in [-0.05, 0) is 73.6 Å². The highest BCUT2D eigenvalue weighted by molar-refractivity contribution is 6.01. The molecule has 2 aromatic carbocycles. The summed E-state index contributed by atoms with van der Waals surface area (Å²) in [5.41, 5.74) is 0.287. The number of phenols is 1. The van der Waals surface area contributed by atoms with Gasteiger partial charge in [0, 0.05) is 43.4 Å². The van der Waals surface area contributed by atoms with Crippen molar-refractivity contribution in [2.24, 2.45) is 5.41 Å². The molecule has 7 rings (SSSR count). The zero-order chi connectivity index (χ0) is 32.2. The van der Waals surface area contributed by atoms with E-state index in [0.717, 1.165) is 25.7 Å². The van der Waals surface area contributed by atoms with Crippen LogP contribution in [0, 0.1) is 17.0 Å². The molecular formula is C34H37F4N5O3. The third kappa shape index (κ3) is 5.81. The Hall–Kier alpha value is -3.77. The maximum atomic E-state index is 16.8. The van der Waals surface area contributed by atoms with E-state index in [2.05, 4.69) is 9.97 Å². The first-order chi connectivity index (χ1) is 22.1. The number of alkyl halides is 2. The molecule has 2 aromatic heterocycles. The molecule has 1 aliphatic carbocycles. The molecule has 8 nitrogen and oxygen atoms in total. The number of rotatable bonds is 10. The average molecular weight is 640 g/mol. The third-order valence-corrected chi connectivity index (χ3v) is 9.42. The number of piperidine rings is 1. The van der Waals surface area contributed by atoms with E-state index >= 15 is 4.39 Å². The summed E-state index contributed by atoms with van der Waals surface area (Å²) in [6, 6.07) is 5.79. The number of likely N-dealkylation sites (tertiary alicyclic amines) is 1. The number of ether oxygens (including phenoxy) is 2. The van der Waals surface area contributed by atoms with Crippen LogP contribution in [-0.4, -0.2) is 82.9 Å². The predicted molar refractivity (Wildman–Crippen MR) is 167 cm³/mol.